The van der Waals surface area contributed by atoms with Crippen LogP contribution in [0.5, 0.6) is 0 Å². The van der Waals surface area contributed by atoms with Gasteiger partial charge in [0.05, 0.1) is 6.61 Å². The number of rotatable bonds is 3. The van der Waals surface area contributed by atoms with Crippen molar-refractivity contribution in [2.24, 2.45) is 0 Å². The second-order valence-electron chi connectivity index (χ2n) is 3.66. The molecule has 2 rings (SSSR count). The molecular formula is C14H14N2O2. The number of carbonyl (C=O) groups excluding carboxylic acids is 1. The molecule has 1 aromatic carbocycles. The smallest absolute Gasteiger partial charge is 0.411 e. The molecule has 0 aliphatic heterocycles. The number of hydrogen-bond donors (Lipinski definition) is 1. The number of nitrogens with zero attached hydrogens (tertiary/aromatic N) is 1. The van der Waals surface area contributed by atoms with E-state index in [0.717, 1.165) is 11.1 Å². The van der Waals surface area contributed by atoms with Crippen LogP contribution in [-0.4, -0.2) is 17.7 Å². The second kappa shape index (κ2) is 5.82. The van der Waals surface area contributed by atoms with Gasteiger partial charge in [0.2, 0.25) is 0 Å². The highest BCUT2D eigenvalue weighted by Gasteiger charge is 2.03. The van der Waals surface area contributed by atoms with Crippen LogP contribution in [0, 0.1) is 0 Å². The topological polar surface area (TPSA) is 51.2 Å². The average molecular weight is 242 g/mol. The molecule has 2 aromatic rings. The molecule has 92 valence electrons. The van der Waals surface area contributed by atoms with E-state index in [2.05, 4.69) is 10.3 Å². The largest absolute Gasteiger partial charge is 0.450 e. The lowest BCUT2D eigenvalue weighted by Gasteiger charge is -2.07. The standard InChI is InChI=1S/C14H14N2O2/c1-2-18-14(17)16-13-5-3-4-12(10-13)11-6-8-15-9-7-11/h3-10H,2H2,1H3,(H,16,17). The Morgan fingerprint density at radius 2 is 2.00 bits per heavy atom. The number of benzene rings is 1. The first-order valence-electron chi connectivity index (χ1n) is 5.74. The van der Waals surface area contributed by atoms with Gasteiger partial charge in [0.1, 0.15) is 0 Å². The Balaban J connectivity index is 2.18. The Labute approximate surface area is 106 Å². The summed E-state index contributed by atoms with van der Waals surface area (Å²) in [5, 5.41) is 2.68. The first-order chi connectivity index (χ1) is 8.79. The van der Waals surface area contributed by atoms with Crippen LogP contribution in [0.2, 0.25) is 0 Å². The zero-order chi connectivity index (χ0) is 12.8. The molecule has 4 heteroatoms. The molecular weight excluding hydrogens is 228 g/mol. The molecule has 1 amide bonds. The molecule has 0 saturated heterocycles. The highest BCUT2D eigenvalue weighted by atomic mass is 16.5. The normalized spacial score (nSPS) is 9.83. The fourth-order valence-corrected chi connectivity index (χ4v) is 1.61. The summed E-state index contributed by atoms with van der Waals surface area (Å²) in [4.78, 5) is 15.3. The van der Waals surface area contributed by atoms with Crippen LogP contribution in [0.3, 0.4) is 0 Å². The van der Waals surface area contributed by atoms with Crippen molar-refractivity contribution < 1.29 is 9.53 Å². The van der Waals surface area contributed by atoms with E-state index in [1.165, 1.54) is 0 Å². The first-order valence-corrected chi connectivity index (χ1v) is 5.74. The molecule has 0 fully saturated rings. The highest BCUT2D eigenvalue weighted by molar-refractivity contribution is 5.85. The molecule has 1 N–H and O–H groups in total. The SMILES string of the molecule is CCOC(=O)Nc1cccc(-c2ccncc2)c1. The van der Waals surface area contributed by atoms with Crippen molar-refractivity contribution in [2.75, 3.05) is 11.9 Å². The van der Waals surface area contributed by atoms with Crippen molar-refractivity contribution >= 4 is 11.8 Å². The van der Waals surface area contributed by atoms with E-state index in [4.69, 9.17) is 4.74 Å². The summed E-state index contributed by atoms with van der Waals surface area (Å²) < 4.78 is 4.83. The first kappa shape index (κ1) is 12.1. The van der Waals surface area contributed by atoms with Crippen LogP contribution in [0.25, 0.3) is 11.1 Å². The quantitative estimate of drug-likeness (QED) is 0.898. The zero-order valence-corrected chi connectivity index (χ0v) is 10.1. The van der Waals surface area contributed by atoms with Gasteiger partial charge in [0.15, 0.2) is 0 Å². The Hall–Kier alpha value is -2.36. The van der Waals surface area contributed by atoms with Gasteiger partial charge in [-0.05, 0) is 42.3 Å². The number of amides is 1. The lowest BCUT2D eigenvalue weighted by Crippen LogP contribution is -2.13. The van der Waals surface area contributed by atoms with Gasteiger partial charge in [-0.2, -0.15) is 0 Å². The van der Waals surface area contributed by atoms with E-state index in [-0.39, 0.29) is 0 Å². The minimum absolute atomic E-state index is 0.357. The summed E-state index contributed by atoms with van der Waals surface area (Å²) in [6.07, 6.45) is 3.03. The van der Waals surface area contributed by atoms with E-state index < -0.39 is 6.09 Å². The molecule has 4 nitrogen and oxygen atoms in total. The Morgan fingerprint density at radius 1 is 1.22 bits per heavy atom. The van der Waals surface area contributed by atoms with Crippen LogP contribution in [0.15, 0.2) is 48.8 Å². The lowest BCUT2D eigenvalue weighted by atomic mass is 10.1. The van der Waals surface area contributed by atoms with Gasteiger partial charge in [-0.25, -0.2) is 4.79 Å². The summed E-state index contributed by atoms with van der Waals surface area (Å²) in [7, 11) is 0. The van der Waals surface area contributed by atoms with Gasteiger partial charge in [0.25, 0.3) is 0 Å². The maximum absolute atomic E-state index is 11.3. The fourth-order valence-electron chi connectivity index (χ4n) is 1.61. The zero-order valence-electron chi connectivity index (χ0n) is 10.1. The van der Waals surface area contributed by atoms with Crippen LogP contribution in [0.4, 0.5) is 10.5 Å². The van der Waals surface area contributed by atoms with E-state index in [9.17, 15) is 4.79 Å². The van der Waals surface area contributed by atoms with E-state index in [0.29, 0.717) is 12.3 Å². The number of pyridine rings is 1. The minimum atomic E-state index is -0.440. The highest BCUT2D eigenvalue weighted by Crippen LogP contribution is 2.21. The van der Waals surface area contributed by atoms with Gasteiger partial charge in [0, 0.05) is 18.1 Å². The van der Waals surface area contributed by atoms with Gasteiger partial charge < -0.3 is 4.74 Å². The molecule has 0 radical (unpaired) electrons. The van der Waals surface area contributed by atoms with Crippen molar-refractivity contribution in [3.63, 3.8) is 0 Å². The van der Waals surface area contributed by atoms with Crippen LogP contribution < -0.4 is 5.32 Å². The molecule has 1 aromatic heterocycles. The lowest BCUT2D eigenvalue weighted by molar-refractivity contribution is 0.168. The monoisotopic (exact) mass is 242 g/mol. The third-order valence-corrected chi connectivity index (χ3v) is 2.40. The molecule has 0 spiro atoms. The molecule has 18 heavy (non-hydrogen) atoms. The summed E-state index contributed by atoms with van der Waals surface area (Å²) in [6.45, 7) is 2.13. The van der Waals surface area contributed by atoms with Gasteiger partial charge >= 0.3 is 6.09 Å². The Bertz CT molecular complexity index is 526. The average Bonchev–Trinajstić information content (AvgIpc) is 2.40. The summed E-state index contributed by atoms with van der Waals surface area (Å²) in [6, 6.07) is 11.4. The second-order valence-corrected chi connectivity index (χ2v) is 3.66. The van der Waals surface area contributed by atoms with Gasteiger partial charge in [-0.3, -0.25) is 10.3 Å². The van der Waals surface area contributed by atoms with Crippen LogP contribution in [0.1, 0.15) is 6.92 Å². The number of carbonyl (C=O) groups is 1. The summed E-state index contributed by atoms with van der Waals surface area (Å²) in [5.74, 6) is 0. The molecule has 0 atom stereocenters. The number of hydrogen-bond acceptors (Lipinski definition) is 3. The Morgan fingerprint density at radius 3 is 2.72 bits per heavy atom. The van der Waals surface area contributed by atoms with Crippen molar-refractivity contribution in [3.05, 3.63) is 48.8 Å². The predicted octanol–water partition coefficient (Wildman–Crippen LogP) is 3.32. The molecule has 1 heterocycles. The number of aromatic nitrogens is 1. The van der Waals surface area contributed by atoms with Crippen molar-refractivity contribution in [2.45, 2.75) is 6.92 Å². The molecule has 0 saturated carbocycles. The molecule has 0 bridgehead atoms. The van der Waals surface area contributed by atoms with Crippen molar-refractivity contribution in [1.82, 2.24) is 4.98 Å². The predicted molar refractivity (Wildman–Crippen MR) is 70.3 cm³/mol. The van der Waals surface area contributed by atoms with Crippen LogP contribution >= 0.6 is 0 Å². The molecule has 0 unspecified atom stereocenters. The number of anilines is 1. The van der Waals surface area contributed by atoms with Gasteiger partial charge in [-0.1, -0.05) is 12.1 Å². The van der Waals surface area contributed by atoms with E-state index in [1.54, 1.807) is 19.3 Å². The van der Waals surface area contributed by atoms with E-state index in [1.807, 2.05) is 36.4 Å². The Kier molecular flexibility index (Phi) is 3.91. The number of ether oxygens (including phenoxy) is 1. The summed E-state index contributed by atoms with van der Waals surface area (Å²) >= 11 is 0. The maximum Gasteiger partial charge on any atom is 0.411 e. The van der Waals surface area contributed by atoms with Gasteiger partial charge in [-0.15, -0.1) is 0 Å². The fraction of sp³-hybridized carbons (Fsp3) is 0.143. The third-order valence-electron chi connectivity index (χ3n) is 2.40. The van der Waals surface area contributed by atoms with E-state index >= 15 is 0 Å². The molecule has 0 aliphatic rings. The summed E-state index contributed by atoms with van der Waals surface area (Å²) in [5.41, 5.74) is 2.78. The minimum Gasteiger partial charge on any atom is -0.450 e. The van der Waals surface area contributed by atoms with Crippen LogP contribution in [-0.2, 0) is 4.74 Å². The van der Waals surface area contributed by atoms with Crippen molar-refractivity contribution in [1.29, 1.82) is 0 Å². The van der Waals surface area contributed by atoms with Crippen molar-refractivity contribution in [3.8, 4) is 11.1 Å². The molecule has 0 aliphatic carbocycles. The maximum atomic E-state index is 11.3. The number of nitrogens with one attached hydrogen (secondary N) is 1. The third kappa shape index (κ3) is 3.07.